The highest BCUT2D eigenvalue weighted by molar-refractivity contribution is 5.70. The number of carboxylic acids is 1. The van der Waals surface area contributed by atoms with Gasteiger partial charge >= 0.3 is 5.97 Å². The van der Waals surface area contributed by atoms with Crippen LogP contribution in [0, 0.1) is 23.7 Å². The average molecular weight is 227 g/mol. The molecular formula is C13H25NO2. The van der Waals surface area contributed by atoms with Crippen LogP contribution in [-0.2, 0) is 4.79 Å². The number of carbonyl (C=O) groups is 1. The van der Waals surface area contributed by atoms with E-state index in [2.05, 4.69) is 13.8 Å². The molecule has 0 aromatic heterocycles. The minimum atomic E-state index is -0.625. The summed E-state index contributed by atoms with van der Waals surface area (Å²) in [5.41, 5.74) is 5.47. The molecule has 94 valence electrons. The molecule has 3 nitrogen and oxygen atoms in total. The molecule has 0 radical (unpaired) electrons. The van der Waals surface area contributed by atoms with Crippen molar-refractivity contribution in [2.45, 2.75) is 46.0 Å². The van der Waals surface area contributed by atoms with Crippen LogP contribution in [0.2, 0.25) is 0 Å². The van der Waals surface area contributed by atoms with Crippen molar-refractivity contribution in [3.63, 3.8) is 0 Å². The molecule has 1 rings (SSSR count). The normalized spacial score (nSPS) is 32.3. The van der Waals surface area contributed by atoms with E-state index in [1.165, 1.54) is 6.42 Å². The van der Waals surface area contributed by atoms with E-state index in [0.29, 0.717) is 24.3 Å². The molecule has 1 saturated carbocycles. The smallest absolute Gasteiger partial charge is 0.306 e. The predicted molar refractivity (Wildman–Crippen MR) is 65.1 cm³/mol. The molecule has 0 bridgehead atoms. The number of hydrogen-bond acceptors (Lipinski definition) is 2. The third kappa shape index (κ3) is 3.78. The highest BCUT2D eigenvalue weighted by Crippen LogP contribution is 2.38. The summed E-state index contributed by atoms with van der Waals surface area (Å²) in [5.74, 6) is 0.915. The van der Waals surface area contributed by atoms with E-state index < -0.39 is 5.97 Å². The monoisotopic (exact) mass is 227 g/mol. The lowest BCUT2D eigenvalue weighted by Crippen LogP contribution is -2.31. The van der Waals surface area contributed by atoms with Crippen molar-refractivity contribution >= 4 is 5.97 Å². The minimum absolute atomic E-state index is 0.172. The molecular weight excluding hydrogens is 202 g/mol. The lowest BCUT2D eigenvalue weighted by Gasteiger charge is -2.34. The van der Waals surface area contributed by atoms with E-state index in [1.54, 1.807) is 0 Å². The molecule has 0 amide bonds. The molecule has 3 unspecified atom stereocenters. The Hall–Kier alpha value is -0.570. The summed E-state index contributed by atoms with van der Waals surface area (Å²) in [4.78, 5) is 11.3. The van der Waals surface area contributed by atoms with Crippen molar-refractivity contribution in [1.82, 2.24) is 0 Å². The zero-order valence-electron chi connectivity index (χ0n) is 10.5. The Balaban J connectivity index is 2.58. The van der Waals surface area contributed by atoms with Gasteiger partial charge in [-0.3, -0.25) is 4.79 Å². The maximum atomic E-state index is 11.3. The van der Waals surface area contributed by atoms with Crippen molar-refractivity contribution in [2.75, 3.05) is 6.54 Å². The van der Waals surface area contributed by atoms with Crippen LogP contribution in [0.4, 0.5) is 0 Å². The van der Waals surface area contributed by atoms with Gasteiger partial charge in [-0.2, -0.15) is 0 Å². The second-order valence-electron chi connectivity index (χ2n) is 5.55. The zero-order chi connectivity index (χ0) is 12.1. The van der Waals surface area contributed by atoms with Crippen LogP contribution in [0.15, 0.2) is 0 Å². The summed E-state index contributed by atoms with van der Waals surface area (Å²) in [6.07, 6.45) is 4.98. The summed E-state index contributed by atoms with van der Waals surface area (Å²) in [5, 5.41) is 9.28. The summed E-state index contributed by atoms with van der Waals surface area (Å²) in [6, 6.07) is 0. The van der Waals surface area contributed by atoms with Crippen LogP contribution in [-0.4, -0.2) is 17.6 Å². The Labute approximate surface area is 98.4 Å². The highest BCUT2D eigenvalue weighted by Gasteiger charge is 2.33. The second kappa shape index (κ2) is 6.24. The first-order chi connectivity index (χ1) is 7.54. The first kappa shape index (κ1) is 13.5. The van der Waals surface area contributed by atoms with Gasteiger partial charge in [0.25, 0.3) is 0 Å². The van der Waals surface area contributed by atoms with Crippen LogP contribution >= 0.6 is 0 Å². The number of hydrogen-bond donors (Lipinski definition) is 2. The third-order valence-corrected chi connectivity index (χ3v) is 3.82. The molecule has 1 fully saturated rings. The number of aliphatic carboxylic acids is 1. The molecule has 0 aromatic rings. The van der Waals surface area contributed by atoms with Crippen LogP contribution in [0.5, 0.6) is 0 Å². The van der Waals surface area contributed by atoms with Gasteiger partial charge in [0.15, 0.2) is 0 Å². The Bertz CT molecular complexity index is 220. The number of nitrogens with two attached hydrogens (primary N) is 1. The van der Waals surface area contributed by atoms with Crippen LogP contribution < -0.4 is 5.73 Å². The van der Waals surface area contributed by atoms with Gasteiger partial charge in [-0.1, -0.05) is 13.8 Å². The average Bonchev–Trinajstić information content (AvgIpc) is 2.16. The number of rotatable bonds is 5. The Morgan fingerprint density at radius 1 is 1.31 bits per heavy atom. The van der Waals surface area contributed by atoms with Crippen LogP contribution in [0.3, 0.4) is 0 Å². The quantitative estimate of drug-likeness (QED) is 0.758. The predicted octanol–water partition coefficient (Wildman–Crippen LogP) is 2.50. The van der Waals surface area contributed by atoms with Gasteiger partial charge in [-0.15, -0.1) is 0 Å². The lowest BCUT2D eigenvalue weighted by molar-refractivity contribution is -0.145. The van der Waals surface area contributed by atoms with Gasteiger partial charge in [0.1, 0.15) is 0 Å². The molecule has 0 heterocycles. The van der Waals surface area contributed by atoms with Gasteiger partial charge in [0.05, 0.1) is 5.92 Å². The van der Waals surface area contributed by atoms with Crippen LogP contribution in [0.1, 0.15) is 46.0 Å². The Morgan fingerprint density at radius 2 is 1.88 bits per heavy atom. The van der Waals surface area contributed by atoms with E-state index in [1.807, 2.05) is 0 Å². The Morgan fingerprint density at radius 3 is 2.31 bits per heavy atom. The molecule has 0 saturated heterocycles. The molecule has 3 heteroatoms. The maximum absolute atomic E-state index is 11.3. The van der Waals surface area contributed by atoms with E-state index in [4.69, 9.17) is 5.73 Å². The molecule has 0 aromatic carbocycles. The highest BCUT2D eigenvalue weighted by atomic mass is 16.4. The SMILES string of the molecule is CC1CC(C)CC(C(CCCN)C(=O)O)C1. The second-order valence-corrected chi connectivity index (χ2v) is 5.55. The van der Waals surface area contributed by atoms with Crippen molar-refractivity contribution in [1.29, 1.82) is 0 Å². The fraction of sp³-hybridized carbons (Fsp3) is 0.923. The van der Waals surface area contributed by atoms with Crippen molar-refractivity contribution in [3.05, 3.63) is 0 Å². The molecule has 3 atom stereocenters. The van der Waals surface area contributed by atoms with E-state index >= 15 is 0 Å². The summed E-state index contributed by atoms with van der Waals surface area (Å²) < 4.78 is 0. The third-order valence-electron chi connectivity index (χ3n) is 3.82. The number of carboxylic acid groups (broad SMARTS) is 1. The standard InChI is InChI=1S/C13H25NO2/c1-9-6-10(2)8-11(7-9)12(13(15)16)4-3-5-14/h9-12H,3-8,14H2,1-2H3,(H,15,16). The molecule has 0 spiro atoms. The topological polar surface area (TPSA) is 63.3 Å². The fourth-order valence-electron chi connectivity index (χ4n) is 3.24. The van der Waals surface area contributed by atoms with Gasteiger partial charge in [-0.25, -0.2) is 0 Å². The van der Waals surface area contributed by atoms with E-state index in [0.717, 1.165) is 25.7 Å². The fourth-order valence-corrected chi connectivity index (χ4v) is 3.24. The van der Waals surface area contributed by atoms with E-state index in [9.17, 15) is 9.90 Å². The molecule has 16 heavy (non-hydrogen) atoms. The van der Waals surface area contributed by atoms with Crippen molar-refractivity contribution in [2.24, 2.45) is 29.4 Å². The molecule has 0 aliphatic heterocycles. The maximum Gasteiger partial charge on any atom is 0.306 e. The van der Waals surface area contributed by atoms with Gasteiger partial charge in [0, 0.05) is 0 Å². The minimum Gasteiger partial charge on any atom is -0.481 e. The molecule has 3 N–H and O–H groups in total. The van der Waals surface area contributed by atoms with Crippen LogP contribution in [0.25, 0.3) is 0 Å². The first-order valence-electron chi connectivity index (χ1n) is 6.47. The largest absolute Gasteiger partial charge is 0.481 e. The van der Waals surface area contributed by atoms with Crippen molar-refractivity contribution in [3.8, 4) is 0 Å². The zero-order valence-corrected chi connectivity index (χ0v) is 10.5. The molecule has 1 aliphatic rings. The summed E-state index contributed by atoms with van der Waals surface area (Å²) in [7, 11) is 0. The van der Waals surface area contributed by atoms with Crippen molar-refractivity contribution < 1.29 is 9.90 Å². The summed E-state index contributed by atoms with van der Waals surface area (Å²) >= 11 is 0. The van der Waals surface area contributed by atoms with E-state index in [-0.39, 0.29) is 5.92 Å². The van der Waals surface area contributed by atoms with Gasteiger partial charge in [-0.05, 0) is 56.4 Å². The molecule has 1 aliphatic carbocycles. The summed E-state index contributed by atoms with van der Waals surface area (Å²) in [6.45, 7) is 5.08. The first-order valence-corrected chi connectivity index (χ1v) is 6.47. The van der Waals surface area contributed by atoms with Gasteiger partial charge < -0.3 is 10.8 Å². The Kier molecular flexibility index (Phi) is 5.26. The van der Waals surface area contributed by atoms with Gasteiger partial charge in [0.2, 0.25) is 0 Å². The lowest BCUT2D eigenvalue weighted by atomic mass is 9.70.